The molecule has 0 aliphatic carbocycles. The summed E-state index contributed by atoms with van der Waals surface area (Å²) in [5.41, 5.74) is 4.98. The molecule has 0 fully saturated rings. The van der Waals surface area contributed by atoms with Crippen LogP contribution in [0.1, 0.15) is 11.3 Å². The zero-order valence-corrected chi connectivity index (χ0v) is 9.90. The van der Waals surface area contributed by atoms with E-state index in [4.69, 9.17) is 10.5 Å². The van der Waals surface area contributed by atoms with E-state index >= 15 is 0 Å². The average Bonchev–Trinajstić information content (AvgIpc) is 2.30. The highest BCUT2D eigenvalue weighted by atomic mass is 19.4. The van der Waals surface area contributed by atoms with Crippen molar-refractivity contribution in [2.45, 2.75) is 13.1 Å². The normalized spacial score (nSPS) is 11.4. The SMILES string of the molecule is Cc1ncccc1Oc1cc(C(F)(F)F)cc(N)n1. The van der Waals surface area contributed by atoms with Crippen molar-refractivity contribution in [2.24, 2.45) is 0 Å². The highest BCUT2D eigenvalue weighted by molar-refractivity contribution is 5.40. The van der Waals surface area contributed by atoms with E-state index in [-0.39, 0.29) is 11.7 Å². The largest absolute Gasteiger partial charge is 0.437 e. The minimum Gasteiger partial charge on any atom is -0.437 e. The number of hydrogen-bond acceptors (Lipinski definition) is 4. The number of hydrogen-bond donors (Lipinski definition) is 1. The Kier molecular flexibility index (Phi) is 3.28. The van der Waals surface area contributed by atoms with Gasteiger partial charge in [0.2, 0.25) is 5.88 Å². The average molecular weight is 269 g/mol. The number of aryl methyl sites for hydroxylation is 1. The molecule has 2 N–H and O–H groups in total. The molecule has 0 radical (unpaired) electrons. The number of nitrogen functional groups attached to an aromatic ring is 1. The summed E-state index contributed by atoms with van der Waals surface area (Å²) in [4.78, 5) is 7.67. The van der Waals surface area contributed by atoms with E-state index in [0.717, 1.165) is 12.1 Å². The monoisotopic (exact) mass is 269 g/mol. The summed E-state index contributed by atoms with van der Waals surface area (Å²) < 4.78 is 43.1. The fourth-order valence-corrected chi connectivity index (χ4v) is 1.43. The van der Waals surface area contributed by atoms with E-state index in [1.165, 1.54) is 0 Å². The fourth-order valence-electron chi connectivity index (χ4n) is 1.43. The van der Waals surface area contributed by atoms with Crippen LogP contribution in [0.4, 0.5) is 19.0 Å². The van der Waals surface area contributed by atoms with E-state index in [1.807, 2.05) is 0 Å². The summed E-state index contributed by atoms with van der Waals surface area (Å²) in [6.07, 6.45) is -2.95. The van der Waals surface area contributed by atoms with Gasteiger partial charge in [-0.25, -0.2) is 0 Å². The molecule has 0 atom stereocenters. The number of pyridine rings is 2. The van der Waals surface area contributed by atoms with Crippen molar-refractivity contribution in [2.75, 3.05) is 5.73 Å². The number of ether oxygens (including phenoxy) is 1. The van der Waals surface area contributed by atoms with E-state index in [2.05, 4.69) is 9.97 Å². The van der Waals surface area contributed by atoms with Crippen LogP contribution in [-0.4, -0.2) is 9.97 Å². The van der Waals surface area contributed by atoms with Crippen molar-refractivity contribution in [3.63, 3.8) is 0 Å². The van der Waals surface area contributed by atoms with Crippen LogP contribution in [0.3, 0.4) is 0 Å². The molecule has 7 heteroatoms. The smallest absolute Gasteiger partial charge is 0.416 e. The molecule has 0 bridgehead atoms. The third-order valence-electron chi connectivity index (χ3n) is 2.32. The maximum Gasteiger partial charge on any atom is 0.416 e. The van der Waals surface area contributed by atoms with Gasteiger partial charge in [-0.3, -0.25) is 4.98 Å². The number of rotatable bonds is 2. The molecule has 0 aromatic carbocycles. The van der Waals surface area contributed by atoms with Gasteiger partial charge >= 0.3 is 6.18 Å². The van der Waals surface area contributed by atoms with Crippen molar-refractivity contribution in [3.05, 3.63) is 41.7 Å². The van der Waals surface area contributed by atoms with Crippen LogP contribution in [0.2, 0.25) is 0 Å². The first-order chi connectivity index (χ1) is 8.86. The zero-order valence-electron chi connectivity index (χ0n) is 9.90. The van der Waals surface area contributed by atoms with Gasteiger partial charge in [0.05, 0.1) is 11.3 Å². The predicted molar refractivity (Wildman–Crippen MR) is 62.7 cm³/mol. The summed E-state index contributed by atoms with van der Waals surface area (Å²) in [7, 11) is 0. The van der Waals surface area contributed by atoms with E-state index in [1.54, 1.807) is 25.3 Å². The van der Waals surface area contributed by atoms with Crippen LogP contribution >= 0.6 is 0 Å². The molecule has 2 rings (SSSR count). The van der Waals surface area contributed by atoms with Gasteiger partial charge in [-0.2, -0.15) is 18.2 Å². The Labute approximate surface area is 107 Å². The molecule has 100 valence electrons. The van der Waals surface area contributed by atoms with Crippen LogP contribution in [0, 0.1) is 6.92 Å². The lowest BCUT2D eigenvalue weighted by Gasteiger charge is -2.11. The zero-order chi connectivity index (χ0) is 14.0. The number of nitrogens with zero attached hydrogens (tertiary/aromatic N) is 2. The predicted octanol–water partition coefficient (Wildman–Crippen LogP) is 3.18. The molecule has 0 unspecified atom stereocenters. The summed E-state index contributed by atoms with van der Waals surface area (Å²) in [5, 5.41) is 0. The van der Waals surface area contributed by atoms with E-state index in [0.29, 0.717) is 11.4 Å². The summed E-state index contributed by atoms with van der Waals surface area (Å²) in [5.74, 6) is -0.150. The molecule has 2 heterocycles. The van der Waals surface area contributed by atoms with Crippen LogP contribution in [0.5, 0.6) is 11.6 Å². The Balaban J connectivity index is 2.36. The number of anilines is 1. The van der Waals surface area contributed by atoms with Crippen molar-refractivity contribution in [1.29, 1.82) is 0 Å². The first-order valence-corrected chi connectivity index (χ1v) is 5.30. The number of halogens is 3. The Bertz CT molecular complexity index is 599. The minimum absolute atomic E-state index is 0.219. The lowest BCUT2D eigenvalue weighted by molar-refractivity contribution is -0.137. The Morgan fingerprint density at radius 2 is 2.00 bits per heavy atom. The molecule has 2 aromatic rings. The third-order valence-corrected chi connectivity index (χ3v) is 2.32. The molecule has 0 aliphatic rings. The fraction of sp³-hybridized carbons (Fsp3) is 0.167. The van der Waals surface area contributed by atoms with Gasteiger partial charge in [-0.05, 0) is 25.1 Å². The maximum absolute atomic E-state index is 12.6. The molecule has 0 saturated heterocycles. The van der Waals surface area contributed by atoms with Gasteiger partial charge < -0.3 is 10.5 Å². The number of nitrogens with two attached hydrogens (primary N) is 1. The van der Waals surface area contributed by atoms with Gasteiger partial charge in [0.15, 0.2) is 5.75 Å². The quantitative estimate of drug-likeness (QED) is 0.909. The summed E-state index contributed by atoms with van der Waals surface area (Å²) in [6.45, 7) is 1.67. The van der Waals surface area contributed by atoms with E-state index in [9.17, 15) is 13.2 Å². The number of aromatic nitrogens is 2. The Morgan fingerprint density at radius 3 is 2.63 bits per heavy atom. The Hall–Kier alpha value is -2.31. The van der Waals surface area contributed by atoms with Gasteiger partial charge in [0.1, 0.15) is 5.82 Å². The van der Waals surface area contributed by atoms with Crippen LogP contribution in [0.25, 0.3) is 0 Å². The lowest BCUT2D eigenvalue weighted by Crippen LogP contribution is -2.07. The molecule has 0 spiro atoms. The van der Waals surface area contributed by atoms with Crippen LogP contribution in [0.15, 0.2) is 30.5 Å². The lowest BCUT2D eigenvalue weighted by atomic mass is 10.2. The topological polar surface area (TPSA) is 61.0 Å². The molecule has 0 aliphatic heterocycles. The standard InChI is InChI=1S/C12H10F3N3O/c1-7-9(3-2-4-17-7)19-11-6-8(12(13,14)15)5-10(16)18-11/h2-6H,1H3,(H2,16,18). The van der Waals surface area contributed by atoms with Crippen molar-refractivity contribution in [1.82, 2.24) is 9.97 Å². The summed E-state index contributed by atoms with van der Waals surface area (Å²) >= 11 is 0. The van der Waals surface area contributed by atoms with Crippen molar-refractivity contribution >= 4 is 5.82 Å². The second kappa shape index (κ2) is 4.75. The maximum atomic E-state index is 12.6. The molecule has 0 saturated carbocycles. The van der Waals surface area contributed by atoms with Crippen molar-refractivity contribution < 1.29 is 17.9 Å². The second-order valence-electron chi connectivity index (χ2n) is 3.81. The molecular formula is C12H10F3N3O. The van der Waals surface area contributed by atoms with Crippen LogP contribution in [-0.2, 0) is 6.18 Å². The highest BCUT2D eigenvalue weighted by Crippen LogP contribution is 2.33. The van der Waals surface area contributed by atoms with Gasteiger partial charge in [0, 0.05) is 12.3 Å². The first-order valence-electron chi connectivity index (χ1n) is 5.30. The Morgan fingerprint density at radius 1 is 1.26 bits per heavy atom. The molecule has 0 amide bonds. The van der Waals surface area contributed by atoms with Gasteiger partial charge in [0.25, 0.3) is 0 Å². The van der Waals surface area contributed by atoms with Gasteiger partial charge in [-0.1, -0.05) is 0 Å². The number of alkyl halides is 3. The third kappa shape index (κ3) is 3.12. The van der Waals surface area contributed by atoms with Crippen LogP contribution < -0.4 is 10.5 Å². The van der Waals surface area contributed by atoms with Crippen molar-refractivity contribution in [3.8, 4) is 11.6 Å². The second-order valence-corrected chi connectivity index (χ2v) is 3.81. The van der Waals surface area contributed by atoms with E-state index < -0.39 is 11.7 Å². The highest BCUT2D eigenvalue weighted by Gasteiger charge is 2.31. The molecule has 2 aromatic heterocycles. The minimum atomic E-state index is -4.50. The molecular weight excluding hydrogens is 259 g/mol. The first kappa shape index (κ1) is 13.1. The molecule has 4 nitrogen and oxygen atoms in total. The molecule has 19 heavy (non-hydrogen) atoms. The summed E-state index contributed by atoms with van der Waals surface area (Å²) in [6, 6.07) is 4.74. The van der Waals surface area contributed by atoms with Gasteiger partial charge in [-0.15, -0.1) is 0 Å².